The average molecular weight is 769 g/mol. The van der Waals surface area contributed by atoms with Gasteiger partial charge in [0.05, 0.1) is 17.6 Å². The number of anilines is 6. The number of aromatic nitrogens is 4. The predicted molar refractivity (Wildman–Crippen MR) is 248 cm³/mol. The summed E-state index contributed by atoms with van der Waals surface area (Å²) in [7, 11) is 0. The van der Waals surface area contributed by atoms with Crippen molar-refractivity contribution in [1.29, 1.82) is 0 Å². The van der Waals surface area contributed by atoms with E-state index in [2.05, 4.69) is 147 Å². The van der Waals surface area contributed by atoms with Crippen LogP contribution in [0.25, 0.3) is 65.3 Å². The van der Waals surface area contributed by atoms with Crippen molar-refractivity contribution in [2.45, 2.75) is 0 Å². The third-order valence-electron chi connectivity index (χ3n) is 11.3. The molecular formula is C54H36N6. The molecule has 11 rings (SSSR count). The van der Waals surface area contributed by atoms with E-state index >= 15 is 0 Å². The zero-order chi connectivity index (χ0) is 39.8. The number of fused-ring (bicyclic) bond motifs is 4. The lowest BCUT2D eigenvalue weighted by Crippen LogP contribution is -2.12. The van der Waals surface area contributed by atoms with Crippen LogP contribution in [0, 0.1) is 0 Å². The molecule has 0 spiro atoms. The van der Waals surface area contributed by atoms with Crippen LogP contribution in [0.5, 0.6) is 0 Å². The molecule has 0 atom stereocenters. The lowest BCUT2D eigenvalue weighted by atomic mass is 9.84. The first-order chi connectivity index (χ1) is 29.8. The van der Waals surface area contributed by atoms with E-state index < -0.39 is 0 Å². The Hall–Kier alpha value is -8.22. The summed E-state index contributed by atoms with van der Waals surface area (Å²) in [5.41, 5.74) is 8.47. The van der Waals surface area contributed by atoms with E-state index in [0.717, 1.165) is 78.2 Å². The van der Waals surface area contributed by atoms with Crippen LogP contribution in [0.3, 0.4) is 0 Å². The molecule has 60 heavy (non-hydrogen) atoms. The van der Waals surface area contributed by atoms with Crippen LogP contribution in [0.15, 0.2) is 219 Å². The fourth-order valence-corrected chi connectivity index (χ4v) is 8.57. The molecule has 11 aromatic rings. The molecule has 0 bridgehead atoms. The number of hydrogen-bond donors (Lipinski definition) is 0. The Labute approximate surface area is 347 Å². The van der Waals surface area contributed by atoms with Crippen molar-refractivity contribution < 1.29 is 0 Å². The summed E-state index contributed by atoms with van der Waals surface area (Å²) < 4.78 is 0. The highest BCUT2D eigenvalue weighted by Crippen LogP contribution is 2.48. The number of rotatable bonds is 8. The maximum absolute atomic E-state index is 4.84. The molecule has 0 saturated heterocycles. The lowest BCUT2D eigenvalue weighted by molar-refractivity contribution is 1.16. The topological polar surface area (TPSA) is 58.0 Å². The molecule has 0 unspecified atom stereocenters. The summed E-state index contributed by atoms with van der Waals surface area (Å²) in [4.78, 5) is 22.9. The fourth-order valence-electron chi connectivity index (χ4n) is 8.57. The van der Waals surface area contributed by atoms with E-state index in [9.17, 15) is 0 Å². The average Bonchev–Trinajstić information content (AvgIpc) is 3.32. The minimum absolute atomic E-state index is 0.808. The van der Waals surface area contributed by atoms with E-state index in [0.29, 0.717) is 0 Å². The molecule has 0 aliphatic carbocycles. The van der Waals surface area contributed by atoms with Crippen molar-refractivity contribution in [1.82, 2.24) is 19.9 Å². The van der Waals surface area contributed by atoms with Crippen molar-refractivity contribution in [2.75, 3.05) is 9.80 Å². The fraction of sp³-hybridized carbons (Fsp3) is 0. The van der Waals surface area contributed by atoms with E-state index in [4.69, 9.17) is 9.97 Å². The van der Waals surface area contributed by atoms with Crippen molar-refractivity contribution in [3.63, 3.8) is 0 Å². The van der Waals surface area contributed by atoms with Crippen LogP contribution in [0.1, 0.15) is 0 Å². The Balaban J connectivity index is 1.27. The highest BCUT2D eigenvalue weighted by Gasteiger charge is 2.23. The van der Waals surface area contributed by atoms with Gasteiger partial charge in [-0.2, -0.15) is 0 Å². The van der Waals surface area contributed by atoms with Crippen LogP contribution < -0.4 is 9.80 Å². The van der Waals surface area contributed by atoms with Crippen molar-refractivity contribution in [3.8, 4) is 22.3 Å². The molecule has 282 valence electrons. The highest BCUT2D eigenvalue weighted by molar-refractivity contribution is 6.23. The Morgan fingerprint density at radius 1 is 0.300 bits per heavy atom. The van der Waals surface area contributed by atoms with Gasteiger partial charge in [-0.25, -0.2) is 9.97 Å². The summed E-state index contributed by atoms with van der Waals surface area (Å²) in [5.74, 6) is 1.63. The Morgan fingerprint density at radius 2 is 0.817 bits per heavy atom. The first-order valence-electron chi connectivity index (χ1n) is 20.0. The molecule has 0 fully saturated rings. The second-order valence-electron chi connectivity index (χ2n) is 14.8. The Bertz CT molecular complexity index is 3020. The quantitative estimate of drug-likeness (QED) is 0.144. The van der Waals surface area contributed by atoms with E-state index in [1.807, 2.05) is 85.6 Å². The molecule has 0 aliphatic heterocycles. The molecule has 0 radical (unpaired) electrons. The highest BCUT2D eigenvalue weighted by atomic mass is 15.2. The second kappa shape index (κ2) is 14.9. The minimum Gasteiger partial charge on any atom is -0.295 e. The molecule has 6 heteroatoms. The lowest BCUT2D eigenvalue weighted by Gasteiger charge is -2.27. The molecule has 6 nitrogen and oxygen atoms in total. The summed E-state index contributed by atoms with van der Waals surface area (Å²) in [6.07, 6.45) is 11.0. The molecule has 0 N–H and O–H groups in total. The molecular weight excluding hydrogens is 733 g/mol. The Kier molecular flexibility index (Phi) is 8.71. The van der Waals surface area contributed by atoms with Gasteiger partial charge in [-0.3, -0.25) is 19.8 Å². The van der Waals surface area contributed by atoms with Crippen LogP contribution in [0.2, 0.25) is 0 Å². The minimum atomic E-state index is 0.808. The van der Waals surface area contributed by atoms with Gasteiger partial charge >= 0.3 is 0 Å². The third kappa shape index (κ3) is 6.24. The zero-order valence-electron chi connectivity index (χ0n) is 32.5. The van der Waals surface area contributed by atoms with Crippen LogP contribution in [-0.2, 0) is 0 Å². The SMILES string of the molecule is c1ccc(N(c2ccncc2)c2ccc3c(-c4ccc5ccccc5c4)c4cc(N(c5cccnc5)c5ccccn5)ccc4c(-c4ccc5ccccc5c4)c3c2)nc1. The maximum atomic E-state index is 4.84. The molecule has 0 aliphatic rings. The first-order valence-corrected chi connectivity index (χ1v) is 20.0. The smallest absolute Gasteiger partial charge is 0.137 e. The largest absolute Gasteiger partial charge is 0.295 e. The van der Waals surface area contributed by atoms with Crippen molar-refractivity contribution in [3.05, 3.63) is 219 Å². The van der Waals surface area contributed by atoms with Gasteiger partial charge in [0.15, 0.2) is 0 Å². The monoisotopic (exact) mass is 768 g/mol. The van der Waals surface area contributed by atoms with E-state index in [1.165, 1.54) is 21.5 Å². The van der Waals surface area contributed by atoms with Gasteiger partial charge in [0.2, 0.25) is 0 Å². The van der Waals surface area contributed by atoms with Gasteiger partial charge in [-0.1, -0.05) is 97.1 Å². The van der Waals surface area contributed by atoms with E-state index in [1.54, 1.807) is 6.20 Å². The summed E-state index contributed by atoms with van der Waals surface area (Å²) in [6, 6.07) is 64.6. The molecule has 7 aromatic carbocycles. The number of pyridine rings is 4. The number of benzene rings is 7. The number of nitrogens with zero attached hydrogens (tertiary/aromatic N) is 6. The van der Waals surface area contributed by atoms with Gasteiger partial charge in [0.25, 0.3) is 0 Å². The molecule has 0 amide bonds. The van der Waals surface area contributed by atoms with Gasteiger partial charge in [-0.15, -0.1) is 0 Å². The summed E-state index contributed by atoms with van der Waals surface area (Å²) in [6.45, 7) is 0. The van der Waals surface area contributed by atoms with Crippen LogP contribution >= 0.6 is 0 Å². The van der Waals surface area contributed by atoms with Crippen LogP contribution in [0.4, 0.5) is 34.4 Å². The van der Waals surface area contributed by atoms with Gasteiger partial charge in [0.1, 0.15) is 11.6 Å². The van der Waals surface area contributed by atoms with Gasteiger partial charge in [-0.05, 0) is 150 Å². The molecule has 4 heterocycles. The number of hydrogen-bond acceptors (Lipinski definition) is 6. The second-order valence-corrected chi connectivity index (χ2v) is 14.8. The normalized spacial score (nSPS) is 11.3. The van der Waals surface area contributed by atoms with Gasteiger partial charge in [0, 0.05) is 42.4 Å². The first kappa shape index (κ1) is 35.0. The summed E-state index contributed by atoms with van der Waals surface area (Å²) >= 11 is 0. The van der Waals surface area contributed by atoms with Crippen molar-refractivity contribution in [2.24, 2.45) is 0 Å². The zero-order valence-corrected chi connectivity index (χ0v) is 32.5. The van der Waals surface area contributed by atoms with E-state index in [-0.39, 0.29) is 0 Å². The molecule has 0 saturated carbocycles. The summed E-state index contributed by atoms with van der Waals surface area (Å²) in [5, 5.41) is 9.32. The van der Waals surface area contributed by atoms with Gasteiger partial charge < -0.3 is 0 Å². The van der Waals surface area contributed by atoms with Crippen molar-refractivity contribution >= 4 is 77.5 Å². The standard InChI is InChI=1S/C54H36N6/c1-3-12-39-32-41(19-17-37(39)10-1)53-48-24-22-45(60(46-14-9-27-56-36-46)52-16-6-8-29-58-52)35-50(48)54(42-20-18-38-11-2-4-13-40(38)33-42)47-23-21-44(34-49(47)53)59(43-25-30-55-31-26-43)51-15-5-7-28-57-51/h1-36H. The predicted octanol–water partition coefficient (Wildman–Crippen LogP) is 14.2. The molecule has 4 aromatic heterocycles. The third-order valence-corrected chi connectivity index (χ3v) is 11.3. The van der Waals surface area contributed by atoms with Crippen LogP contribution in [-0.4, -0.2) is 19.9 Å². The maximum Gasteiger partial charge on any atom is 0.137 e. The Morgan fingerprint density at radius 3 is 1.32 bits per heavy atom.